The van der Waals surface area contributed by atoms with Crippen LogP contribution in [0.15, 0.2) is 30.6 Å². The van der Waals surface area contributed by atoms with Crippen LogP contribution in [0.2, 0.25) is 0 Å². The van der Waals surface area contributed by atoms with Gasteiger partial charge in [-0.05, 0) is 34.4 Å². The Morgan fingerprint density at radius 3 is 2.64 bits per heavy atom. The number of nitrogens with zero attached hydrogens (tertiary/aromatic N) is 2. The van der Waals surface area contributed by atoms with Crippen molar-refractivity contribution in [1.29, 1.82) is 0 Å². The molecule has 1 aromatic carbocycles. The summed E-state index contributed by atoms with van der Waals surface area (Å²) in [6.45, 7) is 12.5. The highest BCUT2D eigenvalue weighted by Gasteiger charge is 2.17. The van der Waals surface area contributed by atoms with E-state index < -0.39 is 0 Å². The lowest BCUT2D eigenvalue weighted by Crippen LogP contribution is -2.44. The minimum atomic E-state index is 0.134. The van der Waals surface area contributed by atoms with Gasteiger partial charge < -0.3 is 10.2 Å². The summed E-state index contributed by atoms with van der Waals surface area (Å²) < 4.78 is 0. The Labute approximate surface area is 133 Å². The van der Waals surface area contributed by atoms with Gasteiger partial charge in [0.1, 0.15) is 0 Å². The number of fused-ring (bicyclic) bond motifs is 1. The van der Waals surface area contributed by atoms with E-state index in [-0.39, 0.29) is 5.41 Å². The maximum absolute atomic E-state index is 4.45. The average Bonchev–Trinajstić information content (AvgIpc) is 2.52. The van der Waals surface area contributed by atoms with E-state index in [4.69, 9.17) is 0 Å². The monoisotopic (exact) mass is 297 g/mol. The van der Waals surface area contributed by atoms with Crippen molar-refractivity contribution in [2.45, 2.75) is 32.6 Å². The molecule has 1 aliphatic rings. The van der Waals surface area contributed by atoms with Crippen LogP contribution in [0.1, 0.15) is 31.9 Å². The zero-order valence-corrected chi connectivity index (χ0v) is 14.0. The fourth-order valence-corrected chi connectivity index (χ4v) is 3.20. The molecule has 2 heterocycles. The lowest BCUT2D eigenvalue weighted by molar-refractivity contribution is 0.244. The zero-order chi connectivity index (χ0) is 15.6. The van der Waals surface area contributed by atoms with Crippen LogP contribution in [-0.4, -0.2) is 42.6 Å². The van der Waals surface area contributed by atoms with Crippen molar-refractivity contribution < 1.29 is 0 Å². The molecule has 0 radical (unpaired) electrons. The highest BCUT2D eigenvalue weighted by atomic mass is 15.2. The minimum absolute atomic E-state index is 0.134. The maximum atomic E-state index is 4.45. The molecule has 3 heteroatoms. The Kier molecular flexibility index (Phi) is 4.46. The standard InChI is InChI=1S/C19H27N3/c1-19(2,3)18-14-21-13-16-12-15(4-5-17(16)18)6-9-22-10-7-20-8-11-22/h4-5,12-14,20H,6-11H2,1-3H3. The molecule has 3 rings (SSSR count). The third-order valence-electron chi connectivity index (χ3n) is 4.56. The predicted octanol–water partition coefficient (Wildman–Crippen LogP) is 2.98. The van der Waals surface area contributed by atoms with Crippen LogP contribution in [0.5, 0.6) is 0 Å². The molecular weight excluding hydrogens is 270 g/mol. The van der Waals surface area contributed by atoms with Crippen molar-refractivity contribution in [3.8, 4) is 0 Å². The largest absolute Gasteiger partial charge is 0.314 e. The van der Waals surface area contributed by atoms with Gasteiger partial charge in [0.2, 0.25) is 0 Å². The molecule has 118 valence electrons. The molecule has 1 N–H and O–H groups in total. The summed E-state index contributed by atoms with van der Waals surface area (Å²) in [5.41, 5.74) is 2.88. The van der Waals surface area contributed by atoms with Crippen LogP contribution in [0, 0.1) is 0 Å². The number of hydrogen-bond acceptors (Lipinski definition) is 3. The van der Waals surface area contributed by atoms with Gasteiger partial charge in [-0.2, -0.15) is 0 Å². The Bertz CT molecular complexity index is 637. The van der Waals surface area contributed by atoms with Gasteiger partial charge in [-0.3, -0.25) is 4.98 Å². The average molecular weight is 297 g/mol. The quantitative estimate of drug-likeness (QED) is 0.944. The number of rotatable bonds is 3. The second-order valence-electron chi connectivity index (χ2n) is 7.33. The van der Waals surface area contributed by atoms with Gasteiger partial charge in [0.15, 0.2) is 0 Å². The van der Waals surface area contributed by atoms with E-state index in [1.54, 1.807) is 0 Å². The van der Waals surface area contributed by atoms with Gasteiger partial charge in [0.25, 0.3) is 0 Å². The van der Waals surface area contributed by atoms with Crippen LogP contribution in [-0.2, 0) is 11.8 Å². The van der Waals surface area contributed by atoms with Crippen molar-refractivity contribution in [3.05, 3.63) is 41.7 Å². The number of pyridine rings is 1. The number of hydrogen-bond donors (Lipinski definition) is 1. The Morgan fingerprint density at radius 2 is 1.91 bits per heavy atom. The molecule has 2 aromatic rings. The SMILES string of the molecule is CC(C)(C)c1cncc2cc(CCN3CCNCC3)ccc12. The molecule has 1 saturated heterocycles. The topological polar surface area (TPSA) is 28.2 Å². The van der Waals surface area contributed by atoms with E-state index >= 15 is 0 Å². The van der Waals surface area contributed by atoms with Crippen molar-refractivity contribution in [3.63, 3.8) is 0 Å². The summed E-state index contributed by atoms with van der Waals surface area (Å²) in [6.07, 6.45) is 5.14. The summed E-state index contributed by atoms with van der Waals surface area (Å²) in [6, 6.07) is 6.89. The summed E-state index contributed by atoms with van der Waals surface area (Å²) in [7, 11) is 0. The molecular formula is C19H27N3. The van der Waals surface area contributed by atoms with E-state index in [1.165, 1.54) is 35.0 Å². The van der Waals surface area contributed by atoms with Gasteiger partial charge in [0, 0.05) is 50.5 Å². The molecule has 0 unspecified atom stereocenters. The minimum Gasteiger partial charge on any atom is -0.314 e. The fraction of sp³-hybridized carbons (Fsp3) is 0.526. The van der Waals surface area contributed by atoms with E-state index in [9.17, 15) is 0 Å². The molecule has 0 aliphatic carbocycles. The second kappa shape index (κ2) is 6.35. The van der Waals surface area contributed by atoms with Crippen LogP contribution in [0.4, 0.5) is 0 Å². The molecule has 1 aromatic heterocycles. The van der Waals surface area contributed by atoms with E-state index in [1.807, 2.05) is 12.4 Å². The van der Waals surface area contributed by atoms with Crippen molar-refractivity contribution in [2.75, 3.05) is 32.7 Å². The summed E-state index contributed by atoms with van der Waals surface area (Å²) in [5.74, 6) is 0. The van der Waals surface area contributed by atoms with E-state index in [2.05, 4.69) is 54.2 Å². The molecule has 0 saturated carbocycles. The normalized spacial score (nSPS) is 17.0. The van der Waals surface area contributed by atoms with E-state index in [0.29, 0.717) is 0 Å². The fourth-order valence-electron chi connectivity index (χ4n) is 3.20. The molecule has 0 amide bonds. The van der Waals surface area contributed by atoms with Crippen LogP contribution < -0.4 is 5.32 Å². The molecule has 0 spiro atoms. The predicted molar refractivity (Wildman–Crippen MR) is 93.5 cm³/mol. The lowest BCUT2D eigenvalue weighted by atomic mass is 9.85. The molecule has 1 fully saturated rings. The first-order chi connectivity index (χ1) is 10.5. The molecule has 22 heavy (non-hydrogen) atoms. The number of aromatic nitrogens is 1. The number of piperazine rings is 1. The van der Waals surface area contributed by atoms with Gasteiger partial charge >= 0.3 is 0 Å². The summed E-state index contributed by atoms with van der Waals surface area (Å²) in [4.78, 5) is 7.00. The first kappa shape index (κ1) is 15.4. The number of nitrogens with one attached hydrogen (secondary N) is 1. The second-order valence-corrected chi connectivity index (χ2v) is 7.33. The van der Waals surface area contributed by atoms with Crippen molar-refractivity contribution >= 4 is 10.8 Å². The van der Waals surface area contributed by atoms with Crippen LogP contribution >= 0.6 is 0 Å². The van der Waals surface area contributed by atoms with E-state index in [0.717, 1.165) is 26.1 Å². The highest BCUT2D eigenvalue weighted by Crippen LogP contribution is 2.29. The third kappa shape index (κ3) is 3.47. The molecule has 1 aliphatic heterocycles. The molecule has 0 atom stereocenters. The summed E-state index contributed by atoms with van der Waals surface area (Å²) in [5, 5.41) is 6.02. The van der Waals surface area contributed by atoms with Gasteiger partial charge in [-0.15, -0.1) is 0 Å². The van der Waals surface area contributed by atoms with Gasteiger partial charge in [0.05, 0.1) is 0 Å². The molecule has 0 bridgehead atoms. The number of benzene rings is 1. The maximum Gasteiger partial charge on any atom is 0.0346 e. The zero-order valence-electron chi connectivity index (χ0n) is 14.0. The first-order valence-electron chi connectivity index (χ1n) is 8.34. The third-order valence-corrected chi connectivity index (χ3v) is 4.56. The highest BCUT2D eigenvalue weighted by molar-refractivity contribution is 5.86. The van der Waals surface area contributed by atoms with Crippen LogP contribution in [0.3, 0.4) is 0 Å². The Balaban J connectivity index is 1.78. The van der Waals surface area contributed by atoms with Crippen molar-refractivity contribution in [1.82, 2.24) is 15.2 Å². The smallest absolute Gasteiger partial charge is 0.0346 e. The Morgan fingerprint density at radius 1 is 1.14 bits per heavy atom. The van der Waals surface area contributed by atoms with Gasteiger partial charge in [-0.1, -0.05) is 32.9 Å². The van der Waals surface area contributed by atoms with Crippen molar-refractivity contribution in [2.24, 2.45) is 0 Å². The lowest BCUT2D eigenvalue weighted by Gasteiger charge is -2.27. The molecule has 3 nitrogen and oxygen atoms in total. The Hall–Kier alpha value is -1.45. The summed E-state index contributed by atoms with van der Waals surface area (Å²) >= 11 is 0. The first-order valence-corrected chi connectivity index (χ1v) is 8.34. The van der Waals surface area contributed by atoms with Gasteiger partial charge in [-0.25, -0.2) is 0 Å². The van der Waals surface area contributed by atoms with Crippen LogP contribution in [0.25, 0.3) is 10.8 Å².